The van der Waals surface area contributed by atoms with Crippen molar-refractivity contribution in [1.82, 2.24) is 14.5 Å². The van der Waals surface area contributed by atoms with Gasteiger partial charge in [0.1, 0.15) is 11.9 Å². The number of esters is 1. The first-order chi connectivity index (χ1) is 10.5. The third kappa shape index (κ3) is 2.39. The number of carboxylic acids is 1. The summed E-state index contributed by atoms with van der Waals surface area (Å²) in [5, 5.41) is 9.43. The first kappa shape index (κ1) is 15.0. The average molecular weight is 307 g/mol. The van der Waals surface area contributed by atoms with Gasteiger partial charge in [-0.05, 0) is 39.3 Å². The number of carboxylic acid groups (broad SMARTS) is 1. The summed E-state index contributed by atoms with van der Waals surface area (Å²) in [6.07, 6.45) is 3.02. The second kappa shape index (κ2) is 5.72. The van der Waals surface area contributed by atoms with Gasteiger partial charge in [0.05, 0.1) is 12.8 Å². The zero-order valence-corrected chi connectivity index (χ0v) is 12.9. The molecule has 7 heteroatoms. The van der Waals surface area contributed by atoms with Gasteiger partial charge in [0.15, 0.2) is 5.69 Å². The van der Waals surface area contributed by atoms with Crippen LogP contribution in [0.25, 0.3) is 0 Å². The molecule has 120 valence electrons. The van der Waals surface area contributed by atoms with E-state index < -0.39 is 12.0 Å². The van der Waals surface area contributed by atoms with E-state index in [1.54, 1.807) is 0 Å². The number of aromatic nitrogens is 2. The van der Waals surface area contributed by atoms with E-state index in [1.165, 1.54) is 7.11 Å². The van der Waals surface area contributed by atoms with Crippen LogP contribution >= 0.6 is 0 Å². The van der Waals surface area contributed by atoms with Gasteiger partial charge in [-0.1, -0.05) is 0 Å². The number of hydrogen-bond acceptors (Lipinski definition) is 5. The fraction of sp³-hybridized carbons (Fsp3) is 0.667. The molecule has 2 aliphatic heterocycles. The van der Waals surface area contributed by atoms with Crippen LogP contribution < -0.4 is 0 Å². The van der Waals surface area contributed by atoms with Crippen LogP contribution in [-0.4, -0.2) is 58.7 Å². The van der Waals surface area contributed by atoms with Crippen LogP contribution in [0.3, 0.4) is 0 Å². The zero-order chi connectivity index (χ0) is 15.9. The molecule has 0 amide bonds. The number of nitrogens with zero attached hydrogens (tertiary/aromatic N) is 3. The van der Waals surface area contributed by atoms with Crippen LogP contribution in [0.4, 0.5) is 0 Å². The Morgan fingerprint density at radius 2 is 2.14 bits per heavy atom. The van der Waals surface area contributed by atoms with E-state index in [0.717, 1.165) is 31.8 Å². The van der Waals surface area contributed by atoms with Crippen molar-refractivity contribution in [2.75, 3.05) is 27.2 Å². The molecule has 1 aromatic heterocycles. The average Bonchev–Trinajstić information content (AvgIpc) is 3.09. The number of likely N-dealkylation sites (N-methyl/N-ethyl adjacent to an activating group) is 1. The highest BCUT2D eigenvalue weighted by Gasteiger charge is 2.37. The van der Waals surface area contributed by atoms with Crippen LogP contribution in [0.5, 0.6) is 0 Å². The topological polar surface area (TPSA) is 84.7 Å². The highest BCUT2D eigenvalue weighted by atomic mass is 16.5. The normalized spacial score (nSPS) is 25.0. The molecule has 0 aromatic carbocycles. The summed E-state index contributed by atoms with van der Waals surface area (Å²) >= 11 is 0. The smallest absolute Gasteiger partial charge is 0.356 e. The molecule has 3 heterocycles. The zero-order valence-electron chi connectivity index (χ0n) is 12.9. The van der Waals surface area contributed by atoms with Gasteiger partial charge < -0.3 is 19.3 Å². The van der Waals surface area contributed by atoms with Crippen molar-refractivity contribution in [3.8, 4) is 0 Å². The van der Waals surface area contributed by atoms with Gasteiger partial charge in [0.2, 0.25) is 0 Å². The van der Waals surface area contributed by atoms with E-state index in [4.69, 9.17) is 4.74 Å². The molecule has 2 unspecified atom stereocenters. The molecular weight excluding hydrogens is 286 g/mol. The number of methoxy groups -OCH3 is 1. The minimum atomic E-state index is -1.02. The molecule has 2 atom stereocenters. The van der Waals surface area contributed by atoms with E-state index >= 15 is 0 Å². The summed E-state index contributed by atoms with van der Waals surface area (Å²) in [4.78, 5) is 30.2. The lowest BCUT2D eigenvalue weighted by molar-refractivity contribution is -0.145. The van der Waals surface area contributed by atoms with E-state index in [0.29, 0.717) is 18.5 Å². The fourth-order valence-electron chi connectivity index (χ4n) is 3.63. The molecule has 1 aromatic rings. The second-order valence-corrected chi connectivity index (χ2v) is 6.12. The van der Waals surface area contributed by atoms with Crippen molar-refractivity contribution in [3.05, 3.63) is 17.2 Å². The number of carbonyl (C=O) groups is 2. The van der Waals surface area contributed by atoms with Crippen molar-refractivity contribution in [3.63, 3.8) is 0 Å². The Balaban J connectivity index is 2.09. The monoisotopic (exact) mass is 307 g/mol. The molecule has 3 rings (SSSR count). The van der Waals surface area contributed by atoms with Crippen LogP contribution in [0, 0.1) is 0 Å². The maximum Gasteiger partial charge on any atom is 0.356 e. The van der Waals surface area contributed by atoms with Gasteiger partial charge in [-0.15, -0.1) is 0 Å². The minimum absolute atomic E-state index is 0.0955. The first-order valence-corrected chi connectivity index (χ1v) is 7.63. The summed E-state index contributed by atoms with van der Waals surface area (Å²) < 4.78 is 6.76. The third-order valence-electron chi connectivity index (χ3n) is 4.67. The standard InChI is InChI=1S/C15H21N3O4/c1-17-7-6-9(8-17)13-16-12(14(19)20)10-4-3-5-11(18(10)13)15(21)22-2/h9,11H,3-8H2,1-2H3,(H,19,20). The third-order valence-corrected chi connectivity index (χ3v) is 4.67. The van der Waals surface area contributed by atoms with Crippen molar-refractivity contribution < 1.29 is 19.4 Å². The Morgan fingerprint density at radius 1 is 1.36 bits per heavy atom. The number of likely N-dealkylation sites (tertiary alicyclic amines) is 1. The molecule has 22 heavy (non-hydrogen) atoms. The molecule has 0 radical (unpaired) electrons. The van der Waals surface area contributed by atoms with Gasteiger partial charge in [0.25, 0.3) is 0 Å². The van der Waals surface area contributed by atoms with Gasteiger partial charge in [0, 0.05) is 12.5 Å². The number of fused-ring (bicyclic) bond motifs is 1. The lowest BCUT2D eigenvalue weighted by Crippen LogP contribution is -2.29. The van der Waals surface area contributed by atoms with E-state index in [1.807, 2.05) is 11.6 Å². The fourth-order valence-corrected chi connectivity index (χ4v) is 3.63. The first-order valence-electron chi connectivity index (χ1n) is 7.63. The van der Waals surface area contributed by atoms with Gasteiger partial charge >= 0.3 is 11.9 Å². The molecule has 1 N–H and O–H groups in total. The van der Waals surface area contributed by atoms with Crippen LogP contribution in [0.2, 0.25) is 0 Å². The number of imidazole rings is 1. The molecule has 0 aliphatic carbocycles. The highest BCUT2D eigenvalue weighted by Crippen LogP contribution is 2.35. The number of carbonyl (C=O) groups excluding carboxylic acids is 1. The Hall–Kier alpha value is -1.89. The van der Waals surface area contributed by atoms with E-state index in [9.17, 15) is 14.7 Å². The summed E-state index contributed by atoms with van der Waals surface area (Å²) in [6, 6.07) is -0.449. The summed E-state index contributed by atoms with van der Waals surface area (Å²) in [5.41, 5.74) is 0.761. The maximum atomic E-state index is 12.1. The van der Waals surface area contributed by atoms with Crippen LogP contribution in [-0.2, 0) is 16.0 Å². The molecule has 7 nitrogen and oxygen atoms in total. The van der Waals surface area contributed by atoms with Crippen molar-refractivity contribution in [2.45, 2.75) is 37.6 Å². The molecule has 1 saturated heterocycles. The summed E-state index contributed by atoms with van der Waals surface area (Å²) in [7, 11) is 3.41. The predicted molar refractivity (Wildman–Crippen MR) is 78.0 cm³/mol. The predicted octanol–water partition coefficient (Wildman–Crippen LogP) is 1.05. The number of ether oxygens (including phenoxy) is 1. The Morgan fingerprint density at radius 3 is 2.73 bits per heavy atom. The molecule has 0 saturated carbocycles. The number of hydrogen-bond donors (Lipinski definition) is 1. The molecule has 2 aliphatic rings. The lowest BCUT2D eigenvalue weighted by atomic mass is 10.00. The SMILES string of the molecule is COC(=O)C1CCCc2c(C(=O)O)nc(C3CCN(C)C3)n21. The Kier molecular flexibility index (Phi) is 3.90. The molecule has 1 fully saturated rings. The molecule has 0 bridgehead atoms. The number of aromatic carboxylic acids is 1. The van der Waals surface area contributed by atoms with Crippen LogP contribution in [0.1, 0.15) is 53.2 Å². The Labute approximate surface area is 128 Å². The highest BCUT2D eigenvalue weighted by molar-refractivity contribution is 5.87. The van der Waals surface area contributed by atoms with Crippen molar-refractivity contribution in [2.24, 2.45) is 0 Å². The molecular formula is C15H21N3O4. The quantitative estimate of drug-likeness (QED) is 0.840. The van der Waals surface area contributed by atoms with E-state index in [2.05, 4.69) is 9.88 Å². The van der Waals surface area contributed by atoms with Gasteiger partial charge in [-0.2, -0.15) is 0 Å². The van der Waals surface area contributed by atoms with Crippen molar-refractivity contribution >= 4 is 11.9 Å². The lowest BCUT2D eigenvalue weighted by Gasteiger charge is -2.26. The minimum Gasteiger partial charge on any atom is -0.476 e. The second-order valence-electron chi connectivity index (χ2n) is 6.12. The Bertz CT molecular complexity index is 610. The van der Waals surface area contributed by atoms with Crippen LogP contribution in [0.15, 0.2) is 0 Å². The summed E-state index contributed by atoms with van der Waals surface area (Å²) in [5.74, 6) is -0.441. The van der Waals surface area contributed by atoms with Gasteiger partial charge in [-0.25, -0.2) is 14.6 Å². The largest absolute Gasteiger partial charge is 0.476 e. The summed E-state index contributed by atoms with van der Waals surface area (Å²) in [6.45, 7) is 1.79. The number of rotatable bonds is 3. The molecule has 0 spiro atoms. The van der Waals surface area contributed by atoms with E-state index in [-0.39, 0.29) is 17.6 Å². The maximum absolute atomic E-state index is 12.1. The van der Waals surface area contributed by atoms with Crippen molar-refractivity contribution in [1.29, 1.82) is 0 Å². The van der Waals surface area contributed by atoms with Gasteiger partial charge in [-0.3, -0.25) is 0 Å².